The van der Waals surface area contributed by atoms with Crippen LogP contribution >= 0.6 is 0 Å². The van der Waals surface area contributed by atoms with Crippen LogP contribution in [0.3, 0.4) is 0 Å². The van der Waals surface area contributed by atoms with Crippen LogP contribution in [0.1, 0.15) is 19.4 Å². The van der Waals surface area contributed by atoms with Crippen molar-refractivity contribution < 1.29 is 14.7 Å². The highest BCUT2D eigenvalue weighted by atomic mass is 16.3. The predicted molar refractivity (Wildman–Crippen MR) is 63.2 cm³/mol. The number of benzene rings is 1. The topological polar surface area (TPSA) is 57.6 Å². The molecule has 17 heavy (non-hydrogen) atoms. The zero-order chi connectivity index (χ0) is 12.6. The number of hydrogen-bond donors (Lipinski definition) is 1. The molecule has 1 fully saturated rings. The van der Waals surface area contributed by atoms with Crippen LogP contribution in [-0.4, -0.2) is 16.9 Å². The van der Waals surface area contributed by atoms with Crippen molar-refractivity contribution in [2.75, 3.05) is 4.90 Å². The van der Waals surface area contributed by atoms with Crippen LogP contribution in [0.25, 0.3) is 0 Å². The summed E-state index contributed by atoms with van der Waals surface area (Å²) in [5.41, 5.74) is 1.09. The highest BCUT2D eigenvalue weighted by molar-refractivity contribution is 6.22. The normalized spacial score (nSPS) is 24.5. The molecule has 0 aliphatic carbocycles. The van der Waals surface area contributed by atoms with Gasteiger partial charge in [-0.25, -0.2) is 4.90 Å². The molecule has 4 nitrogen and oxygen atoms in total. The summed E-state index contributed by atoms with van der Waals surface area (Å²) in [5.74, 6) is -0.977. The summed E-state index contributed by atoms with van der Waals surface area (Å²) in [6.07, 6.45) is 0. The fourth-order valence-corrected chi connectivity index (χ4v) is 2.04. The first kappa shape index (κ1) is 11.8. The molecule has 1 aromatic carbocycles. The third kappa shape index (κ3) is 1.74. The molecule has 2 unspecified atom stereocenters. The second-order valence-corrected chi connectivity index (χ2v) is 4.38. The summed E-state index contributed by atoms with van der Waals surface area (Å²) in [5, 5.41) is 9.23. The van der Waals surface area contributed by atoms with Crippen LogP contribution < -0.4 is 4.90 Å². The van der Waals surface area contributed by atoms with Crippen molar-refractivity contribution in [3.63, 3.8) is 0 Å². The van der Waals surface area contributed by atoms with E-state index in [4.69, 9.17) is 0 Å². The third-order valence-corrected chi connectivity index (χ3v) is 3.37. The highest BCUT2D eigenvalue weighted by Crippen LogP contribution is 2.32. The third-order valence-electron chi connectivity index (χ3n) is 3.37. The first-order chi connectivity index (χ1) is 8.07. The van der Waals surface area contributed by atoms with Gasteiger partial charge in [-0.05, 0) is 6.07 Å². The van der Waals surface area contributed by atoms with E-state index in [2.05, 4.69) is 0 Å². The van der Waals surface area contributed by atoms with E-state index in [0.717, 1.165) is 0 Å². The number of hydrogen-bond acceptors (Lipinski definition) is 3. The van der Waals surface area contributed by atoms with Crippen molar-refractivity contribution >= 4 is 17.5 Å². The number of imide groups is 1. The largest absolute Gasteiger partial charge is 0.392 e. The minimum absolute atomic E-state index is 0.185. The van der Waals surface area contributed by atoms with E-state index in [1.54, 1.807) is 38.1 Å². The van der Waals surface area contributed by atoms with Gasteiger partial charge in [-0.2, -0.15) is 0 Å². The molecular weight excluding hydrogens is 218 g/mol. The monoisotopic (exact) mass is 233 g/mol. The van der Waals surface area contributed by atoms with E-state index in [1.807, 2.05) is 0 Å². The molecule has 0 spiro atoms. The number of nitrogens with zero attached hydrogens (tertiary/aromatic N) is 1. The van der Waals surface area contributed by atoms with Crippen LogP contribution in [0, 0.1) is 11.8 Å². The van der Waals surface area contributed by atoms with Gasteiger partial charge >= 0.3 is 0 Å². The lowest BCUT2D eigenvalue weighted by Gasteiger charge is -2.17. The average Bonchev–Trinajstić information content (AvgIpc) is 2.54. The molecular formula is C13H15NO3. The van der Waals surface area contributed by atoms with Gasteiger partial charge in [-0.3, -0.25) is 9.59 Å². The molecule has 0 bridgehead atoms. The number of amides is 2. The molecule has 0 aromatic heterocycles. The van der Waals surface area contributed by atoms with Crippen molar-refractivity contribution in [1.29, 1.82) is 0 Å². The molecule has 1 saturated heterocycles. The number of para-hydroxylation sites is 1. The van der Waals surface area contributed by atoms with Gasteiger partial charge in [-0.1, -0.05) is 32.0 Å². The first-order valence-corrected chi connectivity index (χ1v) is 5.64. The molecule has 2 atom stereocenters. The maximum absolute atomic E-state index is 12.0. The molecule has 2 amide bonds. The molecule has 1 heterocycles. The number of aliphatic hydroxyl groups is 1. The Bertz CT molecular complexity index is 449. The van der Waals surface area contributed by atoms with Crippen LogP contribution in [0.15, 0.2) is 24.3 Å². The van der Waals surface area contributed by atoms with Gasteiger partial charge in [-0.15, -0.1) is 0 Å². The fourth-order valence-electron chi connectivity index (χ4n) is 2.04. The van der Waals surface area contributed by atoms with E-state index in [9.17, 15) is 14.7 Å². The van der Waals surface area contributed by atoms with Gasteiger partial charge in [0.1, 0.15) is 0 Å². The van der Waals surface area contributed by atoms with Crippen molar-refractivity contribution in [2.45, 2.75) is 20.5 Å². The lowest BCUT2D eigenvalue weighted by atomic mass is 10.00. The second kappa shape index (κ2) is 4.30. The summed E-state index contributed by atoms with van der Waals surface area (Å²) >= 11 is 0. The number of aliphatic hydroxyl groups excluding tert-OH is 1. The van der Waals surface area contributed by atoms with E-state index in [1.165, 1.54) is 4.90 Å². The minimum atomic E-state index is -0.297. The lowest BCUT2D eigenvalue weighted by molar-refractivity contribution is -0.122. The van der Waals surface area contributed by atoms with Gasteiger partial charge in [0.05, 0.1) is 12.3 Å². The average molecular weight is 233 g/mol. The molecule has 1 aliphatic heterocycles. The smallest absolute Gasteiger partial charge is 0.237 e. The van der Waals surface area contributed by atoms with Crippen LogP contribution in [0.2, 0.25) is 0 Å². The Morgan fingerprint density at radius 1 is 1.12 bits per heavy atom. The summed E-state index contributed by atoms with van der Waals surface area (Å²) in [6.45, 7) is 3.33. The lowest BCUT2D eigenvalue weighted by Crippen LogP contribution is -2.31. The SMILES string of the molecule is CC1C(=O)N(c2ccccc2CO)C(=O)C1C. The molecule has 1 aliphatic rings. The maximum atomic E-state index is 12.0. The van der Waals surface area contributed by atoms with Crippen LogP contribution in [0.5, 0.6) is 0 Å². The second-order valence-electron chi connectivity index (χ2n) is 4.38. The standard InChI is InChI=1S/C13H15NO3/c1-8-9(2)13(17)14(12(8)16)11-6-4-3-5-10(11)7-15/h3-6,8-9,15H,7H2,1-2H3. The minimum Gasteiger partial charge on any atom is -0.392 e. The highest BCUT2D eigenvalue weighted by Gasteiger charge is 2.43. The number of rotatable bonds is 2. The molecule has 1 aromatic rings. The zero-order valence-electron chi connectivity index (χ0n) is 9.88. The van der Waals surface area contributed by atoms with E-state index in [-0.39, 0.29) is 30.3 Å². The van der Waals surface area contributed by atoms with Gasteiger partial charge in [0.2, 0.25) is 11.8 Å². The Labute approximate surface area is 99.9 Å². The molecule has 0 radical (unpaired) electrons. The fraction of sp³-hybridized carbons (Fsp3) is 0.385. The molecule has 4 heteroatoms. The van der Waals surface area contributed by atoms with Crippen LogP contribution in [0.4, 0.5) is 5.69 Å². The number of carbonyl (C=O) groups excluding carboxylic acids is 2. The Hall–Kier alpha value is -1.68. The quantitative estimate of drug-likeness (QED) is 0.784. The van der Waals surface area contributed by atoms with E-state index < -0.39 is 0 Å². The van der Waals surface area contributed by atoms with Gasteiger partial charge in [0.25, 0.3) is 0 Å². The summed E-state index contributed by atoms with van der Waals surface area (Å²) in [7, 11) is 0. The van der Waals surface area contributed by atoms with E-state index >= 15 is 0 Å². The predicted octanol–water partition coefficient (Wildman–Crippen LogP) is 1.32. The first-order valence-electron chi connectivity index (χ1n) is 5.64. The van der Waals surface area contributed by atoms with Crippen LogP contribution in [-0.2, 0) is 16.2 Å². The van der Waals surface area contributed by atoms with Crippen molar-refractivity contribution in [3.8, 4) is 0 Å². The Balaban J connectivity index is 2.47. The number of anilines is 1. The zero-order valence-corrected chi connectivity index (χ0v) is 9.88. The summed E-state index contributed by atoms with van der Waals surface area (Å²) in [6, 6.07) is 6.92. The van der Waals surface area contributed by atoms with Crippen molar-refractivity contribution in [1.82, 2.24) is 0 Å². The van der Waals surface area contributed by atoms with Gasteiger partial charge in [0, 0.05) is 17.4 Å². The molecule has 2 rings (SSSR count). The van der Waals surface area contributed by atoms with Crippen molar-refractivity contribution in [2.24, 2.45) is 11.8 Å². The Morgan fingerprint density at radius 3 is 2.18 bits per heavy atom. The van der Waals surface area contributed by atoms with Gasteiger partial charge < -0.3 is 5.11 Å². The van der Waals surface area contributed by atoms with E-state index in [0.29, 0.717) is 11.3 Å². The van der Waals surface area contributed by atoms with Crippen molar-refractivity contribution in [3.05, 3.63) is 29.8 Å². The molecule has 1 N–H and O–H groups in total. The summed E-state index contributed by atoms with van der Waals surface area (Å²) < 4.78 is 0. The molecule has 0 saturated carbocycles. The molecule has 90 valence electrons. The Kier molecular flexibility index (Phi) is 2.98. The van der Waals surface area contributed by atoms with Gasteiger partial charge in [0.15, 0.2) is 0 Å². The Morgan fingerprint density at radius 2 is 1.65 bits per heavy atom. The summed E-state index contributed by atoms with van der Waals surface area (Å²) in [4.78, 5) is 25.2. The maximum Gasteiger partial charge on any atom is 0.237 e. The number of carbonyl (C=O) groups is 2.